The molecule has 2 aromatic carbocycles. The molecule has 1 aliphatic heterocycles. The number of rotatable bonds is 3. The minimum Gasteiger partial charge on any atom is -0.489 e. The van der Waals surface area contributed by atoms with Gasteiger partial charge in [0.2, 0.25) is 0 Å². The molecule has 1 heterocycles. The maximum atomic E-state index is 12.3. The second-order valence-corrected chi connectivity index (χ2v) is 6.87. The van der Waals surface area contributed by atoms with Crippen molar-refractivity contribution >= 4 is 23.7 Å². The Hall–Kier alpha value is -2.53. The van der Waals surface area contributed by atoms with Gasteiger partial charge in [-0.05, 0) is 37.1 Å². The molecular formula is C19H17ClN2O3. The number of hydrazone groups is 1. The molecule has 4 rings (SSSR count). The number of nitrogens with one attached hydrogen (secondary N) is 1. The van der Waals surface area contributed by atoms with Crippen LogP contribution >= 0.6 is 11.6 Å². The van der Waals surface area contributed by atoms with Gasteiger partial charge in [-0.25, -0.2) is 5.43 Å². The Morgan fingerprint density at radius 3 is 2.64 bits per heavy atom. The number of fused-ring (bicyclic) bond motifs is 1. The lowest BCUT2D eigenvalue weighted by atomic mass is 10.1. The van der Waals surface area contributed by atoms with Gasteiger partial charge in [-0.1, -0.05) is 29.8 Å². The van der Waals surface area contributed by atoms with Gasteiger partial charge in [0.1, 0.15) is 0 Å². The number of nitrogens with zero attached hydrogens (tertiary/aromatic N) is 1. The Bertz CT molecular complexity index is 846. The number of ether oxygens (including phenoxy) is 2. The van der Waals surface area contributed by atoms with Gasteiger partial charge in [-0.2, -0.15) is 5.10 Å². The molecule has 1 saturated carbocycles. The lowest BCUT2D eigenvalue weighted by Gasteiger charge is -2.09. The van der Waals surface area contributed by atoms with E-state index in [2.05, 4.69) is 10.5 Å². The van der Waals surface area contributed by atoms with Crippen molar-refractivity contribution < 1.29 is 14.3 Å². The van der Waals surface area contributed by atoms with E-state index in [1.807, 2.05) is 18.2 Å². The molecule has 0 aromatic heterocycles. The average molecular weight is 357 g/mol. The summed E-state index contributed by atoms with van der Waals surface area (Å²) in [5.41, 5.74) is 3.87. The van der Waals surface area contributed by atoms with Crippen LogP contribution in [-0.4, -0.2) is 25.3 Å². The zero-order valence-electron chi connectivity index (χ0n) is 13.5. The predicted molar refractivity (Wildman–Crippen MR) is 95.6 cm³/mol. The number of benzene rings is 2. The molecule has 25 heavy (non-hydrogen) atoms. The fourth-order valence-electron chi connectivity index (χ4n) is 2.65. The Morgan fingerprint density at radius 1 is 1.12 bits per heavy atom. The third-order valence-electron chi connectivity index (χ3n) is 4.51. The van der Waals surface area contributed by atoms with E-state index in [-0.39, 0.29) is 11.3 Å². The predicted octanol–water partition coefficient (Wildman–Crippen LogP) is 3.66. The largest absolute Gasteiger partial charge is 0.489 e. The number of hydrogen-bond acceptors (Lipinski definition) is 4. The van der Waals surface area contributed by atoms with Crippen molar-refractivity contribution in [2.75, 3.05) is 13.2 Å². The van der Waals surface area contributed by atoms with Crippen LogP contribution in [0.1, 0.15) is 28.8 Å². The van der Waals surface area contributed by atoms with Crippen molar-refractivity contribution in [1.29, 1.82) is 0 Å². The van der Waals surface area contributed by atoms with Gasteiger partial charge in [0.25, 0.3) is 5.91 Å². The van der Waals surface area contributed by atoms with Crippen LogP contribution in [0, 0.1) is 5.41 Å². The molecule has 0 radical (unpaired) electrons. The van der Waals surface area contributed by atoms with Gasteiger partial charge in [-0.15, -0.1) is 0 Å². The molecule has 6 heteroatoms. The standard InChI is InChI=1S/C19H17ClN2O3/c20-15-4-2-1-3-14(15)10-21-22-18(23)13-5-6-16-17(9-13)25-12-19(7-8-19)11-24-16/h1-6,9-10H,7-8,11-12H2,(H,22,23)/b21-10+. The van der Waals surface area contributed by atoms with Crippen LogP contribution in [-0.2, 0) is 0 Å². The first-order valence-electron chi connectivity index (χ1n) is 8.13. The smallest absolute Gasteiger partial charge is 0.271 e. The summed E-state index contributed by atoms with van der Waals surface area (Å²) in [6, 6.07) is 12.4. The van der Waals surface area contributed by atoms with Crippen LogP contribution in [0.15, 0.2) is 47.6 Å². The van der Waals surface area contributed by atoms with Crippen molar-refractivity contribution in [2.24, 2.45) is 10.5 Å². The van der Waals surface area contributed by atoms with Gasteiger partial charge in [-0.3, -0.25) is 4.79 Å². The van der Waals surface area contributed by atoms with E-state index in [1.54, 1.807) is 24.3 Å². The molecule has 0 atom stereocenters. The maximum absolute atomic E-state index is 12.3. The SMILES string of the molecule is O=C(N/N=C/c1ccccc1Cl)c1ccc2c(c1)OCC1(CC1)CO2. The highest BCUT2D eigenvalue weighted by molar-refractivity contribution is 6.33. The monoisotopic (exact) mass is 356 g/mol. The number of amides is 1. The van der Waals surface area contributed by atoms with Crippen molar-refractivity contribution in [3.63, 3.8) is 0 Å². The Morgan fingerprint density at radius 2 is 1.88 bits per heavy atom. The molecule has 1 fully saturated rings. The fourth-order valence-corrected chi connectivity index (χ4v) is 2.84. The van der Waals surface area contributed by atoms with Crippen LogP contribution < -0.4 is 14.9 Å². The summed E-state index contributed by atoms with van der Waals surface area (Å²) in [5.74, 6) is 0.964. The van der Waals surface area contributed by atoms with E-state index in [4.69, 9.17) is 21.1 Å². The van der Waals surface area contributed by atoms with Crippen molar-refractivity contribution in [2.45, 2.75) is 12.8 Å². The second-order valence-electron chi connectivity index (χ2n) is 6.46. The lowest BCUT2D eigenvalue weighted by Crippen LogP contribution is -2.18. The minimum atomic E-state index is -0.319. The van der Waals surface area contributed by atoms with Crippen LogP contribution in [0.2, 0.25) is 5.02 Å². The summed E-state index contributed by atoms with van der Waals surface area (Å²) < 4.78 is 11.7. The van der Waals surface area contributed by atoms with Gasteiger partial charge in [0.15, 0.2) is 11.5 Å². The summed E-state index contributed by atoms with van der Waals surface area (Å²) in [4.78, 5) is 12.3. The highest BCUT2D eigenvalue weighted by Crippen LogP contribution is 2.49. The van der Waals surface area contributed by atoms with E-state index in [0.29, 0.717) is 35.3 Å². The van der Waals surface area contributed by atoms with E-state index < -0.39 is 0 Å². The molecule has 1 amide bonds. The number of halogens is 1. The number of carbonyl (C=O) groups excluding carboxylic acids is 1. The van der Waals surface area contributed by atoms with Crippen LogP contribution in [0.3, 0.4) is 0 Å². The fraction of sp³-hybridized carbons (Fsp3) is 0.263. The summed E-state index contributed by atoms with van der Waals surface area (Å²) in [6.45, 7) is 1.31. The summed E-state index contributed by atoms with van der Waals surface area (Å²) >= 11 is 6.05. The summed E-state index contributed by atoms with van der Waals surface area (Å²) in [5, 5.41) is 4.54. The van der Waals surface area contributed by atoms with Gasteiger partial charge in [0, 0.05) is 21.6 Å². The molecule has 128 valence electrons. The van der Waals surface area contributed by atoms with E-state index in [0.717, 1.165) is 18.4 Å². The van der Waals surface area contributed by atoms with Gasteiger partial charge >= 0.3 is 0 Å². The van der Waals surface area contributed by atoms with E-state index >= 15 is 0 Å². The quantitative estimate of drug-likeness (QED) is 0.674. The molecule has 0 bridgehead atoms. The molecule has 5 nitrogen and oxygen atoms in total. The van der Waals surface area contributed by atoms with Gasteiger partial charge < -0.3 is 9.47 Å². The van der Waals surface area contributed by atoms with Crippen LogP contribution in [0.5, 0.6) is 11.5 Å². The molecule has 1 spiro atoms. The molecule has 0 unspecified atom stereocenters. The maximum Gasteiger partial charge on any atom is 0.271 e. The van der Waals surface area contributed by atoms with Crippen LogP contribution in [0.4, 0.5) is 0 Å². The third-order valence-corrected chi connectivity index (χ3v) is 4.85. The lowest BCUT2D eigenvalue weighted by molar-refractivity contribution is 0.0954. The molecule has 0 saturated heterocycles. The zero-order chi connectivity index (χ0) is 17.3. The molecule has 1 aliphatic carbocycles. The highest BCUT2D eigenvalue weighted by atomic mass is 35.5. The van der Waals surface area contributed by atoms with E-state index in [1.165, 1.54) is 6.21 Å². The zero-order valence-corrected chi connectivity index (χ0v) is 14.3. The number of carbonyl (C=O) groups is 1. The first-order chi connectivity index (χ1) is 12.2. The Balaban J connectivity index is 1.44. The van der Waals surface area contributed by atoms with Gasteiger partial charge in [0.05, 0.1) is 19.4 Å². The summed E-state index contributed by atoms with van der Waals surface area (Å²) in [7, 11) is 0. The van der Waals surface area contributed by atoms with Crippen molar-refractivity contribution in [3.8, 4) is 11.5 Å². The van der Waals surface area contributed by atoms with Crippen LogP contribution in [0.25, 0.3) is 0 Å². The number of hydrogen-bond donors (Lipinski definition) is 1. The minimum absolute atomic E-state index is 0.167. The first-order valence-corrected chi connectivity index (χ1v) is 8.51. The Labute approximate surface area is 150 Å². The average Bonchev–Trinajstić information content (AvgIpc) is 3.43. The molecule has 1 N–H and O–H groups in total. The van der Waals surface area contributed by atoms with E-state index in [9.17, 15) is 4.79 Å². The van der Waals surface area contributed by atoms with Crippen molar-refractivity contribution in [3.05, 3.63) is 58.6 Å². The summed E-state index contributed by atoms with van der Waals surface area (Å²) in [6.07, 6.45) is 3.77. The third kappa shape index (κ3) is 3.46. The molecule has 2 aromatic rings. The molecular weight excluding hydrogens is 340 g/mol. The van der Waals surface area contributed by atoms with Crippen molar-refractivity contribution in [1.82, 2.24) is 5.43 Å². The first kappa shape index (κ1) is 16.0. The normalized spacial score (nSPS) is 17.3. The highest BCUT2D eigenvalue weighted by Gasteiger charge is 2.46. The second kappa shape index (κ2) is 6.41. The Kier molecular flexibility index (Phi) is 4.09. The topological polar surface area (TPSA) is 59.9 Å². The molecule has 2 aliphatic rings.